The van der Waals surface area contributed by atoms with Crippen LogP contribution in [0.4, 0.5) is 0 Å². The zero-order valence-electron chi connectivity index (χ0n) is 17.2. The zero-order chi connectivity index (χ0) is 19.3. The highest BCUT2D eigenvalue weighted by Gasteiger charge is 2.18. The van der Waals surface area contributed by atoms with Gasteiger partial charge < -0.3 is 20.3 Å². The van der Waals surface area contributed by atoms with Gasteiger partial charge in [0, 0.05) is 39.1 Å². The van der Waals surface area contributed by atoms with E-state index < -0.39 is 0 Å². The standard InChI is InChI=1S/C21H34N4O2.HI/c1-3-22-21(24-14-7-16-25-15-6-8-20(25)26)23-13-4-5-17-27-19-11-9-18(2)10-12-19;/h9-12H,3-8,13-17H2,1-2H3,(H2,22,23,24);1H. The third-order valence-corrected chi connectivity index (χ3v) is 4.52. The van der Waals surface area contributed by atoms with Crippen LogP contribution in [-0.4, -0.2) is 56.1 Å². The number of carbonyl (C=O) groups is 1. The molecule has 0 unspecified atom stereocenters. The molecule has 1 amide bonds. The molecule has 0 spiro atoms. The van der Waals surface area contributed by atoms with Gasteiger partial charge in [0.2, 0.25) is 5.91 Å². The van der Waals surface area contributed by atoms with Gasteiger partial charge in [-0.1, -0.05) is 17.7 Å². The molecule has 1 aliphatic heterocycles. The van der Waals surface area contributed by atoms with Crippen molar-refractivity contribution >= 4 is 35.8 Å². The second-order valence-electron chi connectivity index (χ2n) is 6.89. The summed E-state index contributed by atoms with van der Waals surface area (Å²) in [6, 6.07) is 8.16. The van der Waals surface area contributed by atoms with E-state index in [9.17, 15) is 4.79 Å². The van der Waals surface area contributed by atoms with E-state index in [-0.39, 0.29) is 29.9 Å². The minimum absolute atomic E-state index is 0. The molecule has 1 heterocycles. The number of aryl methyl sites for hydroxylation is 1. The van der Waals surface area contributed by atoms with Crippen molar-refractivity contribution in [3.05, 3.63) is 29.8 Å². The topological polar surface area (TPSA) is 66.0 Å². The summed E-state index contributed by atoms with van der Waals surface area (Å²) in [4.78, 5) is 18.1. The molecule has 158 valence electrons. The Balaban J connectivity index is 0.00000392. The molecule has 1 aromatic carbocycles. The molecule has 6 nitrogen and oxygen atoms in total. The van der Waals surface area contributed by atoms with E-state index >= 15 is 0 Å². The van der Waals surface area contributed by atoms with Crippen LogP contribution in [0.15, 0.2) is 29.3 Å². The molecule has 0 radical (unpaired) electrons. The summed E-state index contributed by atoms with van der Waals surface area (Å²) in [5.74, 6) is 2.07. The molecule has 1 fully saturated rings. The molecular formula is C21H35IN4O2. The third-order valence-electron chi connectivity index (χ3n) is 4.52. The van der Waals surface area contributed by atoms with E-state index in [1.807, 2.05) is 17.0 Å². The SMILES string of the molecule is CCNC(=NCCCN1CCCC1=O)NCCCCOc1ccc(C)cc1.I. The number of unbranched alkanes of at least 4 members (excludes halogenated alkanes) is 1. The van der Waals surface area contributed by atoms with E-state index in [0.29, 0.717) is 6.42 Å². The summed E-state index contributed by atoms with van der Waals surface area (Å²) in [5.41, 5.74) is 1.24. The molecule has 1 aromatic rings. The minimum atomic E-state index is 0. The van der Waals surface area contributed by atoms with Crippen LogP contribution in [0, 0.1) is 6.92 Å². The Kier molecular flexibility index (Phi) is 12.7. The highest BCUT2D eigenvalue weighted by molar-refractivity contribution is 14.0. The van der Waals surface area contributed by atoms with Gasteiger partial charge >= 0.3 is 0 Å². The average molecular weight is 502 g/mol. The van der Waals surface area contributed by atoms with Crippen LogP contribution in [0.5, 0.6) is 5.75 Å². The first kappa shape index (κ1) is 24.5. The molecule has 0 bridgehead atoms. The molecule has 0 aliphatic carbocycles. The maximum Gasteiger partial charge on any atom is 0.222 e. The number of benzene rings is 1. The fourth-order valence-electron chi connectivity index (χ4n) is 2.99. The number of halogens is 1. The van der Waals surface area contributed by atoms with Crippen molar-refractivity contribution in [3.63, 3.8) is 0 Å². The van der Waals surface area contributed by atoms with Crippen LogP contribution < -0.4 is 15.4 Å². The number of ether oxygens (including phenoxy) is 1. The Labute approximate surface area is 186 Å². The smallest absolute Gasteiger partial charge is 0.222 e. The van der Waals surface area contributed by atoms with Crippen molar-refractivity contribution in [3.8, 4) is 5.75 Å². The third kappa shape index (κ3) is 9.61. The molecule has 0 atom stereocenters. The summed E-state index contributed by atoms with van der Waals surface area (Å²) >= 11 is 0. The van der Waals surface area contributed by atoms with Crippen LogP contribution in [0.3, 0.4) is 0 Å². The first-order valence-corrected chi connectivity index (χ1v) is 10.2. The van der Waals surface area contributed by atoms with Gasteiger partial charge in [0.05, 0.1) is 6.61 Å². The largest absolute Gasteiger partial charge is 0.494 e. The van der Waals surface area contributed by atoms with Gasteiger partial charge in [0.25, 0.3) is 0 Å². The molecule has 0 aromatic heterocycles. The van der Waals surface area contributed by atoms with Crippen LogP contribution in [0.2, 0.25) is 0 Å². The number of rotatable bonds is 11. The quantitative estimate of drug-likeness (QED) is 0.211. The average Bonchev–Trinajstić information content (AvgIpc) is 3.07. The Morgan fingerprint density at radius 2 is 1.96 bits per heavy atom. The van der Waals surface area contributed by atoms with E-state index in [0.717, 1.165) is 76.7 Å². The molecule has 2 N–H and O–H groups in total. The Morgan fingerprint density at radius 1 is 1.18 bits per heavy atom. The number of likely N-dealkylation sites (tertiary alicyclic amines) is 1. The van der Waals surface area contributed by atoms with Crippen molar-refractivity contribution in [2.24, 2.45) is 4.99 Å². The Morgan fingerprint density at radius 3 is 2.64 bits per heavy atom. The predicted octanol–water partition coefficient (Wildman–Crippen LogP) is 3.34. The highest BCUT2D eigenvalue weighted by atomic mass is 127. The van der Waals surface area contributed by atoms with E-state index in [4.69, 9.17) is 4.74 Å². The van der Waals surface area contributed by atoms with Crippen LogP contribution >= 0.6 is 24.0 Å². The van der Waals surface area contributed by atoms with Crippen LogP contribution in [-0.2, 0) is 4.79 Å². The fraction of sp³-hybridized carbons (Fsp3) is 0.619. The molecule has 2 rings (SSSR count). The lowest BCUT2D eigenvalue weighted by Gasteiger charge is -2.15. The van der Waals surface area contributed by atoms with Gasteiger partial charge in [-0.15, -0.1) is 24.0 Å². The number of nitrogens with one attached hydrogen (secondary N) is 2. The van der Waals surface area contributed by atoms with Crippen LogP contribution in [0.1, 0.15) is 44.6 Å². The summed E-state index contributed by atoms with van der Waals surface area (Å²) in [7, 11) is 0. The molecule has 1 aliphatic rings. The maximum atomic E-state index is 11.6. The predicted molar refractivity (Wildman–Crippen MR) is 126 cm³/mol. The van der Waals surface area contributed by atoms with Crippen LogP contribution in [0.25, 0.3) is 0 Å². The minimum Gasteiger partial charge on any atom is -0.494 e. The summed E-state index contributed by atoms with van der Waals surface area (Å²) < 4.78 is 5.75. The number of nitrogens with zero attached hydrogens (tertiary/aromatic N) is 2. The van der Waals surface area contributed by atoms with Gasteiger partial charge in [-0.2, -0.15) is 0 Å². The molecule has 0 saturated carbocycles. The fourth-order valence-corrected chi connectivity index (χ4v) is 2.99. The number of guanidine groups is 1. The normalized spacial score (nSPS) is 14.0. The summed E-state index contributed by atoms with van der Waals surface area (Å²) in [6.07, 6.45) is 4.64. The first-order chi connectivity index (χ1) is 13.2. The van der Waals surface area contributed by atoms with Crippen molar-refractivity contribution in [2.75, 3.05) is 39.3 Å². The monoisotopic (exact) mass is 502 g/mol. The van der Waals surface area contributed by atoms with Crippen molar-refractivity contribution in [2.45, 2.75) is 46.0 Å². The molecule has 7 heteroatoms. The van der Waals surface area contributed by atoms with E-state index in [1.165, 1.54) is 5.56 Å². The highest BCUT2D eigenvalue weighted by Crippen LogP contribution is 2.11. The van der Waals surface area contributed by atoms with E-state index in [1.54, 1.807) is 0 Å². The number of hydrogen-bond acceptors (Lipinski definition) is 3. The summed E-state index contributed by atoms with van der Waals surface area (Å²) in [5, 5.41) is 6.64. The van der Waals surface area contributed by atoms with Gasteiger partial charge in [-0.05, 0) is 51.7 Å². The van der Waals surface area contributed by atoms with Gasteiger partial charge in [-0.25, -0.2) is 0 Å². The Bertz CT molecular complexity index is 593. The lowest BCUT2D eigenvalue weighted by atomic mass is 10.2. The Hall–Kier alpha value is -1.51. The second kappa shape index (κ2) is 14.5. The zero-order valence-corrected chi connectivity index (χ0v) is 19.5. The number of aliphatic imine (C=N–C) groups is 1. The van der Waals surface area contributed by atoms with Crippen molar-refractivity contribution in [1.29, 1.82) is 0 Å². The number of carbonyl (C=O) groups excluding carboxylic acids is 1. The molecule has 28 heavy (non-hydrogen) atoms. The van der Waals surface area contributed by atoms with Crippen molar-refractivity contribution in [1.82, 2.24) is 15.5 Å². The lowest BCUT2D eigenvalue weighted by Crippen LogP contribution is -2.38. The lowest BCUT2D eigenvalue weighted by molar-refractivity contribution is -0.127. The summed E-state index contributed by atoms with van der Waals surface area (Å²) in [6.45, 7) is 9.03. The van der Waals surface area contributed by atoms with E-state index in [2.05, 4.69) is 41.6 Å². The maximum absolute atomic E-state index is 11.6. The number of amides is 1. The van der Waals surface area contributed by atoms with Gasteiger partial charge in [-0.3, -0.25) is 9.79 Å². The molecular weight excluding hydrogens is 467 g/mol. The first-order valence-electron chi connectivity index (χ1n) is 10.2. The second-order valence-corrected chi connectivity index (χ2v) is 6.89. The van der Waals surface area contributed by atoms with Crippen molar-refractivity contribution < 1.29 is 9.53 Å². The molecule has 1 saturated heterocycles. The van der Waals surface area contributed by atoms with Gasteiger partial charge in [0.1, 0.15) is 5.75 Å². The van der Waals surface area contributed by atoms with Gasteiger partial charge in [0.15, 0.2) is 5.96 Å². The number of hydrogen-bond donors (Lipinski definition) is 2.